The van der Waals surface area contributed by atoms with Crippen LogP contribution >= 0.6 is 15.9 Å². The second-order valence-corrected chi connectivity index (χ2v) is 4.81. The summed E-state index contributed by atoms with van der Waals surface area (Å²) in [6, 6.07) is 7.53. The van der Waals surface area contributed by atoms with Crippen LogP contribution in [0.25, 0.3) is 0 Å². The first kappa shape index (κ1) is 14.1. The molecule has 0 bridgehead atoms. The fraction of sp³-hybridized carbons (Fsp3) is 0.0769. The van der Waals surface area contributed by atoms with Gasteiger partial charge >= 0.3 is 5.97 Å². The number of halogens is 1. The van der Waals surface area contributed by atoms with Crippen LogP contribution < -0.4 is 0 Å². The molecule has 0 fully saturated rings. The second-order valence-electron chi connectivity index (χ2n) is 3.89. The van der Waals surface area contributed by atoms with E-state index in [2.05, 4.69) is 20.9 Å². The van der Waals surface area contributed by atoms with Gasteiger partial charge in [0.1, 0.15) is 6.61 Å². The van der Waals surface area contributed by atoms with Crippen molar-refractivity contribution in [3.05, 3.63) is 68.4 Å². The van der Waals surface area contributed by atoms with Gasteiger partial charge in [-0.2, -0.15) is 0 Å². The zero-order valence-corrected chi connectivity index (χ0v) is 11.7. The van der Waals surface area contributed by atoms with Crippen LogP contribution in [0.5, 0.6) is 0 Å². The molecule has 0 spiro atoms. The summed E-state index contributed by atoms with van der Waals surface area (Å²) >= 11 is 3.21. The summed E-state index contributed by atoms with van der Waals surface area (Å²) in [6.45, 7) is -0.0347. The van der Waals surface area contributed by atoms with Crippen LogP contribution in [0.2, 0.25) is 0 Å². The molecule has 1 heterocycles. The lowest BCUT2D eigenvalue weighted by atomic mass is 10.2. The van der Waals surface area contributed by atoms with E-state index < -0.39 is 10.9 Å². The molecule has 1 aromatic heterocycles. The van der Waals surface area contributed by atoms with E-state index in [1.165, 1.54) is 18.3 Å². The number of carbonyl (C=O) groups is 1. The van der Waals surface area contributed by atoms with E-state index in [0.717, 1.165) is 0 Å². The number of rotatable bonds is 4. The molecule has 2 rings (SSSR count). The normalized spacial score (nSPS) is 10.1. The highest BCUT2D eigenvalue weighted by molar-refractivity contribution is 9.10. The molecule has 0 aliphatic rings. The molecule has 0 aliphatic heterocycles. The van der Waals surface area contributed by atoms with E-state index in [9.17, 15) is 14.9 Å². The van der Waals surface area contributed by atoms with Crippen LogP contribution in [0.4, 0.5) is 5.69 Å². The maximum Gasteiger partial charge on any atom is 0.340 e. The number of non-ortho nitro benzene ring substituents is 1. The molecule has 0 saturated carbocycles. The zero-order valence-electron chi connectivity index (χ0n) is 10.2. The van der Waals surface area contributed by atoms with Crippen molar-refractivity contribution < 1.29 is 14.5 Å². The number of hydrogen-bond donors (Lipinski definition) is 0. The largest absolute Gasteiger partial charge is 0.457 e. The average molecular weight is 337 g/mol. The van der Waals surface area contributed by atoms with Crippen LogP contribution in [-0.4, -0.2) is 15.9 Å². The third kappa shape index (κ3) is 3.61. The lowest BCUT2D eigenvalue weighted by Gasteiger charge is -2.05. The van der Waals surface area contributed by atoms with Crippen LogP contribution in [0.3, 0.4) is 0 Å². The minimum absolute atomic E-state index is 0.0347. The summed E-state index contributed by atoms with van der Waals surface area (Å²) in [5.74, 6) is -0.537. The van der Waals surface area contributed by atoms with Gasteiger partial charge in [0.2, 0.25) is 0 Å². The first-order chi connectivity index (χ1) is 9.56. The van der Waals surface area contributed by atoms with Crippen molar-refractivity contribution in [2.24, 2.45) is 0 Å². The number of hydrogen-bond acceptors (Lipinski definition) is 5. The Morgan fingerprint density at radius 1 is 1.35 bits per heavy atom. The van der Waals surface area contributed by atoms with Gasteiger partial charge in [0.15, 0.2) is 0 Å². The molecule has 2 aromatic rings. The number of ether oxygens (including phenoxy) is 1. The Kier molecular flexibility index (Phi) is 4.41. The Balaban J connectivity index is 2.03. The van der Waals surface area contributed by atoms with E-state index in [-0.39, 0.29) is 12.3 Å². The third-order valence-corrected chi connectivity index (χ3v) is 2.87. The highest BCUT2D eigenvalue weighted by Gasteiger charge is 2.10. The van der Waals surface area contributed by atoms with Crippen LogP contribution in [0.1, 0.15) is 15.9 Å². The molecule has 0 unspecified atom stereocenters. The van der Waals surface area contributed by atoms with Crippen molar-refractivity contribution in [2.75, 3.05) is 0 Å². The van der Waals surface area contributed by atoms with Gasteiger partial charge in [0.25, 0.3) is 5.69 Å². The Morgan fingerprint density at radius 3 is 2.85 bits per heavy atom. The lowest BCUT2D eigenvalue weighted by Crippen LogP contribution is -2.05. The SMILES string of the molecule is O=C(OCc1cccc([N+](=O)[O-])c1)c1cncc(Br)c1. The molecule has 102 valence electrons. The highest BCUT2D eigenvalue weighted by atomic mass is 79.9. The van der Waals surface area contributed by atoms with Crippen molar-refractivity contribution >= 4 is 27.6 Å². The first-order valence-corrected chi connectivity index (χ1v) is 6.36. The summed E-state index contributed by atoms with van der Waals surface area (Å²) in [7, 11) is 0. The van der Waals surface area contributed by atoms with Crippen molar-refractivity contribution in [2.45, 2.75) is 6.61 Å². The Bertz CT molecular complexity index is 660. The lowest BCUT2D eigenvalue weighted by molar-refractivity contribution is -0.384. The maximum atomic E-state index is 11.8. The first-order valence-electron chi connectivity index (χ1n) is 5.57. The van der Waals surface area contributed by atoms with Gasteiger partial charge < -0.3 is 4.74 Å². The number of nitrogens with zero attached hydrogens (tertiary/aromatic N) is 2. The van der Waals surface area contributed by atoms with Crippen molar-refractivity contribution in [1.82, 2.24) is 4.98 Å². The molecule has 7 heteroatoms. The molecule has 0 amide bonds. The van der Waals surface area contributed by atoms with E-state index in [4.69, 9.17) is 4.74 Å². The zero-order chi connectivity index (χ0) is 14.5. The minimum Gasteiger partial charge on any atom is -0.457 e. The molecule has 6 nitrogen and oxygen atoms in total. The summed E-state index contributed by atoms with van der Waals surface area (Å²) in [6.07, 6.45) is 2.94. The van der Waals surface area contributed by atoms with Gasteiger partial charge in [-0.05, 0) is 27.6 Å². The van der Waals surface area contributed by atoms with Gasteiger partial charge in [-0.3, -0.25) is 15.1 Å². The minimum atomic E-state index is -0.537. The second kappa shape index (κ2) is 6.25. The van der Waals surface area contributed by atoms with E-state index in [1.54, 1.807) is 24.4 Å². The molecular formula is C13H9BrN2O4. The average Bonchev–Trinajstić information content (AvgIpc) is 2.45. The number of pyridine rings is 1. The Morgan fingerprint density at radius 2 is 2.15 bits per heavy atom. The monoisotopic (exact) mass is 336 g/mol. The smallest absolute Gasteiger partial charge is 0.340 e. The number of nitro groups is 1. The number of nitro benzene ring substituents is 1. The molecule has 0 atom stereocenters. The molecule has 0 N–H and O–H groups in total. The van der Waals surface area contributed by atoms with Gasteiger partial charge in [-0.15, -0.1) is 0 Å². The topological polar surface area (TPSA) is 82.3 Å². The molecular weight excluding hydrogens is 328 g/mol. The summed E-state index contributed by atoms with van der Waals surface area (Å²) in [5.41, 5.74) is 0.822. The van der Waals surface area contributed by atoms with Crippen molar-refractivity contribution in [3.63, 3.8) is 0 Å². The number of benzene rings is 1. The maximum absolute atomic E-state index is 11.8. The Hall–Kier alpha value is -2.28. The molecule has 0 aliphatic carbocycles. The summed E-state index contributed by atoms with van der Waals surface area (Å²) < 4.78 is 5.75. The number of aromatic nitrogens is 1. The molecule has 0 radical (unpaired) electrons. The Labute approximate surface area is 122 Å². The van der Waals surface area contributed by atoms with Crippen LogP contribution in [0.15, 0.2) is 47.2 Å². The quantitative estimate of drug-likeness (QED) is 0.486. The van der Waals surface area contributed by atoms with Gasteiger partial charge in [-0.25, -0.2) is 4.79 Å². The predicted molar refractivity (Wildman–Crippen MR) is 74.2 cm³/mol. The van der Waals surface area contributed by atoms with Crippen LogP contribution in [-0.2, 0) is 11.3 Å². The molecule has 20 heavy (non-hydrogen) atoms. The number of carbonyl (C=O) groups excluding carboxylic acids is 1. The predicted octanol–water partition coefficient (Wildman–Crippen LogP) is 3.11. The van der Waals surface area contributed by atoms with Gasteiger partial charge in [0.05, 0.1) is 10.5 Å². The summed E-state index contributed by atoms with van der Waals surface area (Å²) in [4.78, 5) is 25.8. The highest BCUT2D eigenvalue weighted by Crippen LogP contribution is 2.15. The van der Waals surface area contributed by atoms with Crippen molar-refractivity contribution in [3.8, 4) is 0 Å². The molecule has 1 aromatic carbocycles. The standard InChI is InChI=1S/C13H9BrN2O4/c14-11-5-10(6-15-7-11)13(17)20-8-9-2-1-3-12(4-9)16(18)19/h1-7H,8H2. The van der Waals surface area contributed by atoms with E-state index in [1.807, 2.05) is 0 Å². The molecule has 0 saturated heterocycles. The fourth-order valence-electron chi connectivity index (χ4n) is 1.52. The van der Waals surface area contributed by atoms with Crippen molar-refractivity contribution in [1.29, 1.82) is 0 Å². The van der Waals surface area contributed by atoms with Gasteiger partial charge in [-0.1, -0.05) is 12.1 Å². The van der Waals surface area contributed by atoms with E-state index >= 15 is 0 Å². The van der Waals surface area contributed by atoms with Crippen LogP contribution in [0, 0.1) is 10.1 Å². The van der Waals surface area contributed by atoms with Gasteiger partial charge in [0, 0.05) is 29.0 Å². The number of esters is 1. The third-order valence-electron chi connectivity index (χ3n) is 2.43. The van der Waals surface area contributed by atoms with E-state index in [0.29, 0.717) is 15.6 Å². The fourth-order valence-corrected chi connectivity index (χ4v) is 1.88. The summed E-state index contributed by atoms with van der Waals surface area (Å²) in [5, 5.41) is 10.6.